The minimum absolute atomic E-state index is 0.289. The molecule has 2 aromatic carbocycles. The first-order valence-electron chi connectivity index (χ1n) is 8.47. The van der Waals surface area contributed by atoms with Crippen LogP contribution in [0.1, 0.15) is 47.1 Å². The summed E-state index contributed by atoms with van der Waals surface area (Å²) in [5.74, 6) is 0.154. The van der Waals surface area contributed by atoms with E-state index in [1.54, 1.807) is 16.8 Å². The van der Waals surface area contributed by atoms with Crippen molar-refractivity contribution >= 4 is 23.2 Å². The van der Waals surface area contributed by atoms with Crippen molar-refractivity contribution in [3.05, 3.63) is 70.0 Å². The summed E-state index contributed by atoms with van der Waals surface area (Å²) in [7, 11) is 0. The minimum Gasteiger partial charge on any atom is -0.320 e. The van der Waals surface area contributed by atoms with Gasteiger partial charge in [0.15, 0.2) is 5.69 Å². The van der Waals surface area contributed by atoms with Gasteiger partial charge in [-0.05, 0) is 55.2 Å². The van der Waals surface area contributed by atoms with Crippen molar-refractivity contribution < 1.29 is 4.79 Å². The summed E-state index contributed by atoms with van der Waals surface area (Å²) in [6.45, 7) is 8.04. The molecule has 1 amide bonds. The van der Waals surface area contributed by atoms with Crippen molar-refractivity contribution in [1.29, 1.82) is 0 Å². The SMILES string of the molecule is Cc1ccc(Cl)cc1NC(=O)c1nnn(-c2ccc(C(C)C)cc2)c1C. The third-order valence-electron chi connectivity index (χ3n) is 4.36. The highest BCUT2D eigenvalue weighted by molar-refractivity contribution is 6.31. The molecule has 0 spiro atoms. The lowest BCUT2D eigenvalue weighted by atomic mass is 10.0. The molecule has 0 radical (unpaired) electrons. The molecule has 0 atom stereocenters. The maximum Gasteiger partial charge on any atom is 0.278 e. The Morgan fingerprint density at radius 3 is 2.46 bits per heavy atom. The molecule has 5 nitrogen and oxygen atoms in total. The Hall–Kier alpha value is -2.66. The van der Waals surface area contributed by atoms with Crippen LogP contribution in [-0.4, -0.2) is 20.9 Å². The van der Waals surface area contributed by atoms with E-state index in [1.165, 1.54) is 5.56 Å². The van der Waals surface area contributed by atoms with Crippen LogP contribution in [0, 0.1) is 13.8 Å². The topological polar surface area (TPSA) is 59.8 Å². The summed E-state index contributed by atoms with van der Waals surface area (Å²) in [5.41, 5.74) is 4.69. The number of amides is 1. The maximum absolute atomic E-state index is 12.6. The molecule has 0 saturated carbocycles. The molecule has 3 rings (SSSR count). The van der Waals surface area contributed by atoms with Gasteiger partial charge in [0.2, 0.25) is 0 Å². The number of nitrogens with zero attached hydrogens (tertiary/aromatic N) is 3. The Bertz CT molecular complexity index is 945. The molecule has 0 unspecified atom stereocenters. The van der Waals surface area contributed by atoms with E-state index in [9.17, 15) is 4.79 Å². The van der Waals surface area contributed by atoms with Gasteiger partial charge in [0.1, 0.15) is 0 Å². The molecule has 0 aliphatic rings. The predicted octanol–water partition coefficient (Wildman–Crippen LogP) is 4.91. The van der Waals surface area contributed by atoms with Gasteiger partial charge < -0.3 is 5.32 Å². The van der Waals surface area contributed by atoms with Crippen LogP contribution < -0.4 is 5.32 Å². The van der Waals surface area contributed by atoms with Crippen LogP contribution in [0.5, 0.6) is 0 Å². The van der Waals surface area contributed by atoms with Gasteiger partial charge >= 0.3 is 0 Å². The van der Waals surface area contributed by atoms with Gasteiger partial charge in [-0.25, -0.2) is 4.68 Å². The molecule has 3 aromatic rings. The number of aromatic nitrogens is 3. The summed E-state index contributed by atoms with van der Waals surface area (Å²) in [5, 5.41) is 11.6. The first-order valence-corrected chi connectivity index (χ1v) is 8.84. The second-order valence-electron chi connectivity index (χ2n) is 6.59. The van der Waals surface area contributed by atoms with E-state index in [4.69, 9.17) is 11.6 Å². The average Bonchev–Trinajstić information content (AvgIpc) is 3.00. The lowest BCUT2D eigenvalue weighted by Crippen LogP contribution is -2.15. The first kappa shape index (κ1) is 18.1. The first-order chi connectivity index (χ1) is 12.4. The van der Waals surface area contributed by atoms with Gasteiger partial charge in [-0.2, -0.15) is 0 Å². The molecule has 0 bridgehead atoms. The smallest absolute Gasteiger partial charge is 0.278 e. The molecule has 0 aliphatic carbocycles. The fourth-order valence-corrected chi connectivity index (χ4v) is 2.87. The van der Waals surface area contributed by atoms with Crippen LogP contribution in [0.4, 0.5) is 5.69 Å². The van der Waals surface area contributed by atoms with Gasteiger partial charge in [-0.15, -0.1) is 5.10 Å². The van der Waals surface area contributed by atoms with Gasteiger partial charge in [-0.1, -0.05) is 48.9 Å². The molecule has 1 N–H and O–H groups in total. The van der Waals surface area contributed by atoms with E-state index >= 15 is 0 Å². The van der Waals surface area contributed by atoms with Crippen LogP contribution in [0.2, 0.25) is 5.02 Å². The third-order valence-corrected chi connectivity index (χ3v) is 4.60. The molecule has 0 saturated heterocycles. The van der Waals surface area contributed by atoms with E-state index in [2.05, 4.69) is 41.6 Å². The van der Waals surface area contributed by atoms with E-state index in [0.717, 1.165) is 11.3 Å². The molecular weight excluding hydrogens is 348 g/mol. The van der Waals surface area contributed by atoms with E-state index in [0.29, 0.717) is 22.3 Å². The summed E-state index contributed by atoms with van der Waals surface area (Å²) >= 11 is 6.01. The normalized spacial score (nSPS) is 11.0. The highest BCUT2D eigenvalue weighted by Crippen LogP contribution is 2.22. The van der Waals surface area contributed by atoms with Crippen molar-refractivity contribution in [3.63, 3.8) is 0 Å². The Kier molecular flexibility index (Phi) is 5.09. The second-order valence-corrected chi connectivity index (χ2v) is 7.03. The van der Waals surface area contributed by atoms with Crippen LogP contribution in [-0.2, 0) is 0 Å². The number of anilines is 1. The maximum atomic E-state index is 12.6. The predicted molar refractivity (Wildman–Crippen MR) is 104 cm³/mol. The number of rotatable bonds is 4. The number of aryl methyl sites for hydroxylation is 1. The number of benzene rings is 2. The summed E-state index contributed by atoms with van der Waals surface area (Å²) < 4.78 is 1.67. The summed E-state index contributed by atoms with van der Waals surface area (Å²) in [6, 6.07) is 13.5. The van der Waals surface area contributed by atoms with Crippen LogP contribution >= 0.6 is 11.6 Å². The highest BCUT2D eigenvalue weighted by atomic mass is 35.5. The number of hydrogen-bond acceptors (Lipinski definition) is 3. The second kappa shape index (κ2) is 7.30. The van der Waals surface area contributed by atoms with Crippen molar-refractivity contribution in [2.24, 2.45) is 0 Å². The van der Waals surface area contributed by atoms with Gasteiger partial charge in [0, 0.05) is 10.7 Å². The zero-order valence-corrected chi connectivity index (χ0v) is 16.0. The third kappa shape index (κ3) is 3.63. The van der Waals surface area contributed by atoms with Crippen LogP contribution in [0.25, 0.3) is 5.69 Å². The lowest BCUT2D eigenvalue weighted by Gasteiger charge is -2.09. The van der Waals surface area contributed by atoms with E-state index in [1.807, 2.05) is 32.0 Å². The number of nitrogens with one attached hydrogen (secondary N) is 1. The molecule has 1 aromatic heterocycles. The lowest BCUT2D eigenvalue weighted by molar-refractivity contribution is 0.102. The number of carbonyl (C=O) groups is 1. The number of halogens is 1. The van der Waals surface area contributed by atoms with Crippen LogP contribution in [0.15, 0.2) is 42.5 Å². The van der Waals surface area contributed by atoms with Crippen LogP contribution in [0.3, 0.4) is 0 Å². The monoisotopic (exact) mass is 368 g/mol. The fraction of sp³-hybridized carbons (Fsp3) is 0.250. The van der Waals surface area contributed by atoms with Crippen molar-refractivity contribution in [2.45, 2.75) is 33.6 Å². The fourth-order valence-electron chi connectivity index (χ4n) is 2.70. The average molecular weight is 369 g/mol. The molecule has 26 heavy (non-hydrogen) atoms. The number of carbonyl (C=O) groups excluding carboxylic acids is 1. The number of hydrogen-bond donors (Lipinski definition) is 1. The standard InChI is InChI=1S/C20H21ClN4O/c1-12(2)15-6-9-17(10-7-15)25-14(4)19(23-24-25)20(26)22-18-11-16(21)8-5-13(18)3/h5-12H,1-4H3,(H,22,26). The summed E-state index contributed by atoms with van der Waals surface area (Å²) in [4.78, 5) is 12.6. The molecule has 0 fully saturated rings. The Labute approximate surface area is 158 Å². The molecule has 6 heteroatoms. The van der Waals surface area contributed by atoms with E-state index in [-0.39, 0.29) is 11.6 Å². The Morgan fingerprint density at radius 1 is 1.12 bits per heavy atom. The van der Waals surface area contributed by atoms with Crippen molar-refractivity contribution in [3.8, 4) is 5.69 Å². The zero-order chi connectivity index (χ0) is 18.8. The van der Waals surface area contributed by atoms with E-state index < -0.39 is 0 Å². The largest absolute Gasteiger partial charge is 0.320 e. The van der Waals surface area contributed by atoms with Gasteiger partial charge in [0.05, 0.1) is 11.4 Å². The molecular formula is C20H21ClN4O. The Morgan fingerprint density at radius 2 is 1.81 bits per heavy atom. The Balaban J connectivity index is 1.86. The van der Waals surface area contributed by atoms with Crippen molar-refractivity contribution in [1.82, 2.24) is 15.0 Å². The summed E-state index contributed by atoms with van der Waals surface area (Å²) in [6.07, 6.45) is 0. The van der Waals surface area contributed by atoms with Gasteiger partial charge in [-0.3, -0.25) is 4.79 Å². The molecule has 0 aliphatic heterocycles. The minimum atomic E-state index is -0.307. The molecule has 134 valence electrons. The zero-order valence-electron chi connectivity index (χ0n) is 15.2. The van der Waals surface area contributed by atoms with Crippen molar-refractivity contribution in [2.75, 3.05) is 5.32 Å². The molecule has 1 heterocycles. The van der Waals surface area contributed by atoms with Gasteiger partial charge in [0.25, 0.3) is 5.91 Å². The highest BCUT2D eigenvalue weighted by Gasteiger charge is 2.18. The quantitative estimate of drug-likeness (QED) is 0.711.